The van der Waals surface area contributed by atoms with Crippen molar-refractivity contribution in [2.24, 2.45) is 5.41 Å². The normalized spacial score (nSPS) is 28.6. The van der Waals surface area contributed by atoms with Gasteiger partial charge in [0, 0.05) is 30.0 Å². The molecule has 2 aliphatic rings. The highest BCUT2D eigenvalue weighted by Gasteiger charge is 2.59. The Morgan fingerprint density at radius 1 is 1.50 bits per heavy atom. The summed E-state index contributed by atoms with van der Waals surface area (Å²) in [6.45, 7) is 4.90. The first-order valence-electron chi connectivity index (χ1n) is 6.92. The van der Waals surface area contributed by atoms with Crippen LogP contribution in [0.4, 0.5) is 5.95 Å². The van der Waals surface area contributed by atoms with Crippen LogP contribution in [0.1, 0.15) is 38.3 Å². The van der Waals surface area contributed by atoms with E-state index >= 15 is 0 Å². The molecule has 0 radical (unpaired) electrons. The molecule has 1 N–H and O–H groups in total. The Morgan fingerprint density at radius 3 is 2.94 bits per heavy atom. The maximum absolute atomic E-state index is 5.85. The minimum Gasteiger partial charge on any atom is -0.378 e. The number of anilines is 1. The van der Waals surface area contributed by atoms with Gasteiger partial charge in [-0.1, -0.05) is 6.42 Å². The summed E-state index contributed by atoms with van der Waals surface area (Å²) in [5.41, 5.74) is 1.37. The van der Waals surface area contributed by atoms with Crippen molar-refractivity contribution in [3.05, 3.63) is 18.0 Å². The summed E-state index contributed by atoms with van der Waals surface area (Å²) >= 11 is 0. The van der Waals surface area contributed by atoms with E-state index in [9.17, 15) is 0 Å². The molecule has 1 heterocycles. The molecule has 2 atom stereocenters. The summed E-state index contributed by atoms with van der Waals surface area (Å²) in [5, 5.41) is 3.50. The Labute approximate surface area is 108 Å². The molecule has 4 nitrogen and oxygen atoms in total. The van der Waals surface area contributed by atoms with E-state index in [0.29, 0.717) is 17.6 Å². The van der Waals surface area contributed by atoms with Crippen molar-refractivity contribution in [2.75, 3.05) is 11.9 Å². The molecule has 1 aromatic heterocycles. The monoisotopic (exact) mass is 247 g/mol. The maximum atomic E-state index is 5.85. The average molecular weight is 247 g/mol. The van der Waals surface area contributed by atoms with Gasteiger partial charge in [-0.05, 0) is 39.2 Å². The Morgan fingerprint density at radius 2 is 2.33 bits per heavy atom. The Kier molecular flexibility index (Phi) is 2.98. The van der Waals surface area contributed by atoms with Crippen molar-refractivity contribution in [1.29, 1.82) is 0 Å². The fourth-order valence-corrected chi connectivity index (χ4v) is 3.31. The van der Waals surface area contributed by atoms with E-state index in [2.05, 4.69) is 22.2 Å². The van der Waals surface area contributed by atoms with Crippen molar-refractivity contribution in [3.63, 3.8) is 0 Å². The van der Waals surface area contributed by atoms with Crippen LogP contribution < -0.4 is 5.32 Å². The zero-order valence-corrected chi connectivity index (χ0v) is 11.1. The van der Waals surface area contributed by atoms with Gasteiger partial charge in [0.1, 0.15) is 0 Å². The molecule has 2 fully saturated rings. The Balaban J connectivity index is 1.68. The van der Waals surface area contributed by atoms with Gasteiger partial charge in [-0.15, -0.1) is 0 Å². The quantitative estimate of drug-likeness (QED) is 0.888. The number of ether oxygens (including phenoxy) is 1. The second-order valence-corrected chi connectivity index (χ2v) is 5.48. The van der Waals surface area contributed by atoms with Gasteiger partial charge in [-0.3, -0.25) is 0 Å². The van der Waals surface area contributed by atoms with E-state index in [1.807, 2.05) is 19.2 Å². The van der Waals surface area contributed by atoms with Crippen molar-refractivity contribution in [1.82, 2.24) is 9.97 Å². The molecule has 0 bridgehead atoms. The van der Waals surface area contributed by atoms with E-state index in [1.54, 1.807) is 0 Å². The number of aryl methyl sites for hydroxylation is 1. The minimum absolute atomic E-state index is 0.364. The summed E-state index contributed by atoms with van der Waals surface area (Å²) in [6, 6.07) is 2.42. The van der Waals surface area contributed by atoms with Crippen molar-refractivity contribution in [2.45, 2.75) is 51.7 Å². The highest BCUT2D eigenvalue weighted by molar-refractivity contribution is 5.32. The molecule has 1 aromatic rings. The lowest BCUT2D eigenvalue weighted by Crippen LogP contribution is -2.64. The van der Waals surface area contributed by atoms with Crippen LogP contribution in [0.2, 0.25) is 0 Å². The number of nitrogens with one attached hydrogen (secondary N) is 1. The minimum atomic E-state index is 0.364. The fourth-order valence-electron chi connectivity index (χ4n) is 3.31. The number of hydrogen-bond donors (Lipinski definition) is 1. The summed E-state index contributed by atoms with van der Waals surface area (Å²) in [6.07, 6.45) is 7.24. The van der Waals surface area contributed by atoms with Crippen molar-refractivity contribution in [3.8, 4) is 0 Å². The molecule has 98 valence electrons. The summed E-state index contributed by atoms with van der Waals surface area (Å²) < 4.78 is 5.85. The highest BCUT2D eigenvalue weighted by Crippen LogP contribution is 2.57. The third kappa shape index (κ3) is 1.79. The van der Waals surface area contributed by atoms with E-state index in [0.717, 1.165) is 24.7 Å². The molecule has 2 unspecified atom stereocenters. The molecular weight excluding hydrogens is 226 g/mol. The third-order valence-electron chi connectivity index (χ3n) is 4.54. The largest absolute Gasteiger partial charge is 0.378 e. The summed E-state index contributed by atoms with van der Waals surface area (Å²) in [5.74, 6) is 0.765. The van der Waals surface area contributed by atoms with Gasteiger partial charge in [-0.25, -0.2) is 9.97 Å². The summed E-state index contributed by atoms with van der Waals surface area (Å²) in [4.78, 5) is 8.72. The molecule has 3 rings (SSSR count). The van der Waals surface area contributed by atoms with Crippen LogP contribution >= 0.6 is 0 Å². The molecule has 1 spiro atoms. The van der Waals surface area contributed by atoms with Gasteiger partial charge in [0.2, 0.25) is 5.95 Å². The van der Waals surface area contributed by atoms with Crippen LogP contribution in [0.25, 0.3) is 0 Å². The van der Waals surface area contributed by atoms with Gasteiger partial charge in [-0.2, -0.15) is 0 Å². The molecule has 0 amide bonds. The topological polar surface area (TPSA) is 47.0 Å². The second-order valence-electron chi connectivity index (χ2n) is 5.48. The van der Waals surface area contributed by atoms with Crippen LogP contribution in [0, 0.1) is 12.3 Å². The predicted octanol–water partition coefficient (Wildman–Crippen LogP) is 2.54. The zero-order chi connectivity index (χ0) is 12.6. The molecular formula is C14H21N3O. The number of rotatable bonds is 4. The molecule has 0 saturated heterocycles. The highest BCUT2D eigenvalue weighted by atomic mass is 16.5. The van der Waals surface area contributed by atoms with E-state index in [4.69, 9.17) is 4.74 Å². The van der Waals surface area contributed by atoms with Crippen LogP contribution in [0.3, 0.4) is 0 Å². The van der Waals surface area contributed by atoms with E-state index in [-0.39, 0.29) is 0 Å². The first kappa shape index (κ1) is 11.9. The number of aromatic nitrogens is 2. The van der Waals surface area contributed by atoms with Crippen LogP contribution in [-0.4, -0.2) is 28.7 Å². The first-order valence-corrected chi connectivity index (χ1v) is 6.92. The Bertz CT molecular complexity index is 431. The summed E-state index contributed by atoms with van der Waals surface area (Å²) in [7, 11) is 0. The predicted molar refractivity (Wildman–Crippen MR) is 70.5 cm³/mol. The van der Waals surface area contributed by atoms with Gasteiger partial charge >= 0.3 is 0 Å². The lowest BCUT2D eigenvalue weighted by Gasteiger charge is -2.61. The SMILES string of the molecule is CCOC1CC(Nc2nccc(C)n2)C12CCC2. The molecule has 2 saturated carbocycles. The zero-order valence-electron chi connectivity index (χ0n) is 11.1. The third-order valence-corrected chi connectivity index (χ3v) is 4.54. The maximum Gasteiger partial charge on any atom is 0.223 e. The lowest BCUT2D eigenvalue weighted by atomic mass is 9.51. The standard InChI is InChI=1S/C14H21N3O/c1-3-18-12-9-11(14(12)6-4-7-14)17-13-15-8-5-10(2)16-13/h5,8,11-12H,3-4,6-7,9H2,1-2H3,(H,15,16,17). The molecule has 2 aliphatic carbocycles. The van der Waals surface area contributed by atoms with Crippen LogP contribution in [-0.2, 0) is 4.74 Å². The van der Waals surface area contributed by atoms with Crippen molar-refractivity contribution >= 4 is 5.95 Å². The van der Waals surface area contributed by atoms with Crippen LogP contribution in [0.15, 0.2) is 12.3 Å². The van der Waals surface area contributed by atoms with Gasteiger partial charge in [0.15, 0.2) is 0 Å². The Hall–Kier alpha value is -1.16. The lowest BCUT2D eigenvalue weighted by molar-refractivity contribution is -0.157. The first-order chi connectivity index (χ1) is 8.74. The fraction of sp³-hybridized carbons (Fsp3) is 0.714. The molecule has 4 heteroatoms. The van der Waals surface area contributed by atoms with Gasteiger partial charge < -0.3 is 10.1 Å². The second kappa shape index (κ2) is 4.50. The van der Waals surface area contributed by atoms with E-state index in [1.165, 1.54) is 19.3 Å². The van der Waals surface area contributed by atoms with Crippen LogP contribution in [0.5, 0.6) is 0 Å². The van der Waals surface area contributed by atoms with E-state index < -0.39 is 0 Å². The molecule has 0 aliphatic heterocycles. The smallest absolute Gasteiger partial charge is 0.223 e. The number of nitrogens with zero attached hydrogens (tertiary/aromatic N) is 2. The van der Waals surface area contributed by atoms with Gasteiger partial charge in [0.25, 0.3) is 0 Å². The average Bonchev–Trinajstić information content (AvgIpc) is 2.25. The number of hydrogen-bond acceptors (Lipinski definition) is 4. The molecule has 18 heavy (non-hydrogen) atoms. The van der Waals surface area contributed by atoms with Gasteiger partial charge in [0.05, 0.1) is 6.10 Å². The molecule has 0 aromatic carbocycles. The van der Waals surface area contributed by atoms with Crippen molar-refractivity contribution < 1.29 is 4.74 Å².